The monoisotopic (exact) mass is 698 g/mol. The molecule has 0 saturated carbocycles. The molecule has 1 aromatic heterocycles. The molecule has 0 aliphatic heterocycles. The summed E-state index contributed by atoms with van der Waals surface area (Å²) in [5.41, 5.74) is 17.3. The van der Waals surface area contributed by atoms with Crippen LogP contribution < -0.4 is 4.74 Å². The van der Waals surface area contributed by atoms with Crippen molar-refractivity contribution in [2.24, 2.45) is 0 Å². The molecule has 53 heavy (non-hydrogen) atoms. The zero-order chi connectivity index (χ0) is 35.8. The Labute approximate surface area is 315 Å². The molecular formula is C51H38OS. The SMILES string of the molecule is C/C=C\C1=C(C)C2(c3ccccc31)c1cc(-c3cccc(-c4ccc5sc6ccccc6c5c4)c3)ccc1-c1ccc(Oc3ccccc3C)c(C)c12. The van der Waals surface area contributed by atoms with E-state index in [0.29, 0.717) is 0 Å². The fourth-order valence-electron chi connectivity index (χ4n) is 9.19. The van der Waals surface area contributed by atoms with Crippen LogP contribution in [-0.2, 0) is 5.41 Å². The van der Waals surface area contributed by atoms with E-state index in [0.717, 1.165) is 17.1 Å². The quantitative estimate of drug-likeness (QED) is 0.174. The molecule has 0 N–H and O–H groups in total. The molecular weight excluding hydrogens is 661 g/mol. The summed E-state index contributed by atoms with van der Waals surface area (Å²) in [5.74, 6) is 1.79. The number of para-hydroxylation sites is 1. The van der Waals surface area contributed by atoms with E-state index in [1.165, 1.54) is 92.5 Å². The van der Waals surface area contributed by atoms with E-state index in [9.17, 15) is 0 Å². The van der Waals surface area contributed by atoms with Crippen LogP contribution in [0.15, 0.2) is 163 Å². The number of aryl methyl sites for hydroxylation is 1. The fraction of sp³-hybridized carbons (Fsp3) is 0.0980. The number of rotatable bonds is 5. The predicted molar refractivity (Wildman–Crippen MR) is 225 cm³/mol. The van der Waals surface area contributed by atoms with E-state index in [1.807, 2.05) is 17.4 Å². The normalized spacial score (nSPS) is 15.8. The zero-order valence-corrected chi connectivity index (χ0v) is 31.1. The van der Waals surface area contributed by atoms with Crippen LogP contribution in [0.2, 0.25) is 0 Å². The molecule has 0 saturated heterocycles. The van der Waals surface area contributed by atoms with Crippen molar-refractivity contribution in [2.75, 3.05) is 0 Å². The number of ether oxygens (including phenoxy) is 1. The average Bonchev–Trinajstić information content (AvgIpc) is 3.80. The standard InChI is InChI=1S/C51H38OS/c1-5-13-38-33(4)51(44-19-9-7-17-39(38)44)45-30-37(22-24-40(45)42-25-26-47(32(3)50(42)51)52-46-20-10-6-14-31(46)2)35-16-12-15-34(28-35)36-23-27-49-43(29-36)41-18-8-11-21-48(41)53-49/h5-30H,1-4H3/b13-5-. The van der Waals surface area contributed by atoms with E-state index in [1.54, 1.807) is 0 Å². The zero-order valence-electron chi connectivity index (χ0n) is 30.3. The van der Waals surface area contributed by atoms with E-state index < -0.39 is 5.41 Å². The van der Waals surface area contributed by atoms with Gasteiger partial charge in [0.15, 0.2) is 0 Å². The van der Waals surface area contributed by atoms with Gasteiger partial charge in [-0.3, -0.25) is 0 Å². The van der Waals surface area contributed by atoms with Crippen LogP contribution in [0.3, 0.4) is 0 Å². The Morgan fingerprint density at radius 3 is 2.08 bits per heavy atom. The largest absolute Gasteiger partial charge is 0.457 e. The van der Waals surface area contributed by atoms with E-state index >= 15 is 0 Å². The molecule has 1 atom stereocenters. The summed E-state index contributed by atoms with van der Waals surface area (Å²) in [6.07, 6.45) is 4.47. The van der Waals surface area contributed by atoms with Crippen LogP contribution >= 0.6 is 11.3 Å². The maximum atomic E-state index is 6.73. The molecule has 254 valence electrons. The molecule has 1 unspecified atom stereocenters. The van der Waals surface area contributed by atoms with Crippen LogP contribution in [0.1, 0.15) is 47.2 Å². The Bertz CT molecular complexity index is 2860. The molecule has 10 rings (SSSR count). The van der Waals surface area contributed by atoms with Crippen LogP contribution in [0.4, 0.5) is 0 Å². The second-order valence-electron chi connectivity index (χ2n) is 14.5. The van der Waals surface area contributed by atoms with Gasteiger partial charge in [-0.2, -0.15) is 0 Å². The Balaban J connectivity index is 1.17. The maximum absolute atomic E-state index is 6.73. The Morgan fingerprint density at radius 2 is 1.23 bits per heavy atom. The summed E-state index contributed by atoms with van der Waals surface area (Å²) in [6, 6.07) is 53.6. The Morgan fingerprint density at radius 1 is 0.528 bits per heavy atom. The number of hydrogen-bond acceptors (Lipinski definition) is 2. The first-order valence-corrected chi connectivity index (χ1v) is 19.3. The molecule has 0 fully saturated rings. The topological polar surface area (TPSA) is 9.23 Å². The lowest BCUT2D eigenvalue weighted by Gasteiger charge is -2.33. The summed E-state index contributed by atoms with van der Waals surface area (Å²) < 4.78 is 9.39. The third-order valence-electron chi connectivity index (χ3n) is 11.6. The third-order valence-corrected chi connectivity index (χ3v) is 12.8. The highest BCUT2D eigenvalue weighted by Crippen LogP contribution is 2.64. The second kappa shape index (κ2) is 12.0. The number of fused-ring (bicyclic) bond motifs is 10. The van der Waals surface area contributed by atoms with Crippen LogP contribution in [0, 0.1) is 13.8 Å². The van der Waals surface area contributed by atoms with Gasteiger partial charge in [0.2, 0.25) is 0 Å². The van der Waals surface area contributed by atoms with Gasteiger partial charge in [-0.1, -0.05) is 115 Å². The first kappa shape index (κ1) is 31.7. The molecule has 1 heterocycles. The van der Waals surface area contributed by atoms with Crippen molar-refractivity contribution in [3.05, 3.63) is 197 Å². The number of allylic oxidation sites excluding steroid dienone is 4. The van der Waals surface area contributed by atoms with Crippen molar-refractivity contribution in [2.45, 2.75) is 33.1 Å². The molecule has 1 spiro atoms. The minimum Gasteiger partial charge on any atom is -0.457 e. The lowest BCUT2D eigenvalue weighted by Crippen LogP contribution is -2.27. The van der Waals surface area contributed by atoms with Crippen molar-refractivity contribution in [1.29, 1.82) is 0 Å². The first-order chi connectivity index (χ1) is 26.0. The molecule has 1 nitrogen and oxygen atoms in total. The van der Waals surface area contributed by atoms with Gasteiger partial charge in [-0.15, -0.1) is 11.3 Å². The van der Waals surface area contributed by atoms with Crippen molar-refractivity contribution >= 4 is 37.1 Å². The van der Waals surface area contributed by atoms with Crippen molar-refractivity contribution in [3.8, 4) is 44.9 Å². The summed E-state index contributed by atoms with van der Waals surface area (Å²) in [5, 5.41) is 2.65. The van der Waals surface area contributed by atoms with Gasteiger partial charge in [0, 0.05) is 20.2 Å². The van der Waals surface area contributed by atoms with E-state index in [-0.39, 0.29) is 0 Å². The smallest absolute Gasteiger partial charge is 0.130 e. The predicted octanol–water partition coefficient (Wildman–Crippen LogP) is 14.5. The van der Waals surface area contributed by atoms with Gasteiger partial charge in [0.25, 0.3) is 0 Å². The highest BCUT2D eigenvalue weighted by molar-refractivity contribution is 7.25. The summed E-state index contributed by atoms with van der Waals surface area (Å²) in [7, 11) is 0. The van der Waals surface area contributed by atoms with Crippen molar-refractivity contribution in [1.82, 2.24) is 0 Å². The first-order valence-electron chi connectivity index (χ1n) is 18.5. The second-order valence-corrected chi connectivity index (χ2v) is 15.5. The Kier molecular flexibility index (Phi) is 7.22. The Hall–Kier alpha value is -5.96. The molecule has 7 aromatic carbocycles. The minimum atomic E-state index is -0.454. The van der Waals surface area contributed by atoms with E-state index in [2.05, 4.69) is 179 Å². The fourth-order valence-corrected chi connectivity index (χ4v) is 10.3. The lowest BCUT2D eigenvalue weighted by atomic mass is 9.68. The van der Waals surface area contributed by atoms with Gasteiger partial charge >= 0.3 is 0 Å². The molecule has 0 radical (unpaired) electrons. The molecule has 2 aliphatic rings. The highest BCUT2D eigenvalue weighted by Gasteiger charge is 2.52. The summed E-state index contributed by atoms with van der Waals surface area (Å²) in [6.45, 7) is 8.83. The summed E-state index contributed by atoms with van der Waals surface area (Å²) in [4.78, 5) is 0. The number of benzene rings is 7. The summed E-state index contributed by atoms with van der Waals surface area (Å²) >= 11 is 1.87. The molecule has 2 heteroatoms. The average molecular weight is 699 g/mol. The van der Waals surface area contributed by atoms with Crippen LogP contribution in [0.25, 0.3) is 59.1 Å². The van der Waals surface area contributed by atoms with Crippen LogP contribution in [-0.4, -0.2) is 0 Å². The van der Waals surface area contributed by atoms with E-state index in [4.69, 9.17) is 4.74 Å². The van der Waals surface area contributed by atoms with Crippen LogP contribution in [0.5, 0.6) is 11.5 Å². The molecule has 8 aromatic rings. The maximum Gasteiger partial charge on any atom is 0.130 e. The van der Waals surface area contributed by atoms with Crippen molar-refractivity contribution in [3.63, 3.8) is 0 Å². The molecule has 0 bridgehead atoms. The highest BCUT2D eigenvalue weighted by atomic mass is 32.1. The number of hydrogen-bond donors (Lipinski definition) is 0. The van der Waals surface area contributed by atoms with Gasteiger partial charge in [-0.05, 0) is 148 Å². The molecule has 0 amide bonds. The van der Waals surface area contributed by atoms with Gasteiger partial charge in [-0.25, -0.2) is 0 Å². The number of thiophene rings is 1. The lowest BCUT2D eigenvalue weighted by molar-refractivity contribution is 0.473. The van der Waals surface area contributed by atoms with Gasteiger partial charge in [0.05, 0.1) is 5.41 Å². The van der Waals surface area contributed by atoms with Gasteiger partial charge in [0.1, 0.15) is 11.5 Å². The molecule has 2 aliphatic carbocycles. The van der Waals surface area contributed by atoms with Gasteiger partial charge < -0.3 is 4.74 Å². The minimum absolute atomic E-state index is 0.454. The third kappa shape index (κ3) is 4.62. The van der Waals surface area contributed by atoms with Crippen molar-refractivity contribution < 1.29 is 4.74 Å².